The molecule has 2 aliphatic heterocycles. The van der Waals surface area contributed by atoms with Crippen LogP contribution in [0.15, 0.2) is 59.4 Å². The number of carbonyl (C=O) groups is 1. The smallest absolute Gasteiger partial charge is 0.270 e. The van der Waals surface area contributed by atoms with E-state index in [-0.39, 0.29) is 35.2 Å². The molecule has 2 aliphatic rings. The molecule has 3 atom stereocenters. The van der Waals surface area contributed by atoms with Crippen molar-refractivity contribution in [2.24, 2.45) is 5.92 Å². The molecule has 1 aromatic heterocycles. The van der Waals surface area contributed by atoms with Gasteiger partial charge in [-0.15, -0.1) is 0 Å². The van der Waals surface area contributed by atoms with E-state index in [1.165, 1.54) is 18.2 Å². The molecule has 7 heteroatoms. The summed E-state index contributed by atoms with van der Waals surface area (Å²) < 4.78 is 13.7. The lowest BCUT2D eigenvalue weighted by Crippen LogP contribution is -2.48. The molecule has 0 bridgehead atoms. The van der Waals surface area contributed by atoms with Gasteiger partial charge in [0.2, 0.25) is 0 Å². The van der Waals surface area contributed by atoms with Gasteiger partial charge in [0.25, 0.3) is 5.91 Å². The molecule has 3 unspecified atom stereocenters. The molecule has 6 nitrogen and oxygen atoms in total. The van der Waals surface area contributed by atoms with Gasteiger partial charge in [0.1, 0.15) is 11.5 Å². The fourth-order valence-corrected chi connectivity index (χ4v) is 4.50. The lowest BCUT2D eigenvalue weighted by Gasteiger charge is -2.36. The Morgan fingerprint density at radius 3 is 2.79 bits per heavy atom. The maximum atomic E-state index is 13.7. The van der Waals surface area contributed by atoms with E-state index in [4.69, 9.17) is 0 Å². The number of nitrogens with one attached hydrogen (secondary N) is 3. The molecule has 3 heterocycles. The van der Waals surface area contributed by atoms with Gasteiger partial charge in [0.15, 0.2) is 5.43 Å². The topological polar surface area (TPSA) is 77.2 Å². The monoisotopic (exact) mass is 392 g/mol. The van der Waals surface area contributed by atoms with Gasteiger partial charge in [-0.3, -0.25) is 15.0 Å². The highest BCUT2D eigenvalue weighted by Crippen LogP contribution is 2.34. The van der Waals surface area contributed by atoms with Crippen LogP contribution < -0.4 is 16.3 Å². The molecule has 2 saturated heterocycles. The highest BCUT2D eigenvalue weighted by Gasteiger charge is 2.41. The zero-order valence-corrected chi connectivity index (χ0v) is 15.7. The first-order valence-electron chi connectivity index (χ1n) is 9.78. The number of hydrogen-bond donors (Lipinski definition) is 3. The molecule has 2 aromatic carbocycles. The number of rotatable bonds is 2. The van der Waals surface area contributed by atoms with Crippen LogP contribution in [0.4, 0.5) is 4.39 Å². The van der Waals surface area contributed by atoms with Crippen molar-refractivity contribution >= 4 is 16.8 Å². The van der Waals surface area contributed by atoms with Crippen molar-refractivity contribution in [2.45, 2.75) is 18.5 Å². The number of amides is 1. The number of halogens is 1. The SMILES string of the molecule is O=C(c1cc(=O)c2ccccc2[nH]1)N1CCC2NNC(c3cccc(F)c3)C2C1. The van der Waals surface area contributed by atoms with E-state index in [0.29, 0.717) is 29.7 Å². The van der Waals surface area contributed by atoms with Gasteiger partial charge in [-0.25, -0.2) is 9.82 Å². The number of aromatic amines is 1. The van der Waals surface area contributed by atoms with E-state index < -0.39 is 0 Å². The Morgan fingerprint density at radius 1 is 1.07 bits per heavy atom. The summed E-state index contributed by atoms with van der Waals surface area (Å²) in [7, 11) is 0. The number of hydrazine groups is 1. The van der Waals surface area contributed by atoms with Crippen LogP contribution in [0.2, 0.25) is 0 Å². The standard InChI is InChI=1S/C22H21FN4O2/c23-14-5-3-4-13(10-14)21-16-12-27(9-8-18(16)25-26-21)22(29)19-11-20(28)15-6-1-2-7-17(15)24-19/h1-7,10-11,16,18,21,25-26H,8-9,12H2,(H,24,28). The Morgan fingerprint density at radius 2 is 1.93 bits per heavy atom. The van der Waals surface area contributed by atoms with E-state index in [0.717, 1.165) is 12.0 Å². The Kier molecular flexibility index (Phi) is 4.41. The maximum Gasteiger partial charge on any atom is 0.270 e. The van der Waals surface area contributed by atoms with Crippen LogP contribution >= 0.6 is 0 Å². The first kappa shape index (κ1) is 18.0. The van der Waals surface area contributed by atoms with Crippen molar-refractivity contribution in [3.8, 4) is 0 Å². The van der Waals surface area contributed by atoms with Crippen LogP contribution in [-0.4, -0.2) is 34.9 Å². The van der Waals surface area contributed by atoms with Gasteiger partial charge < -0.3 is 9.88 Å². The van der Waals surface area contributed by atoms with Crippen molar-refractivity contribution in [1.82, 2.24) is 20.7 Å². The number of H-pyrrole nitrogens is 1. The summed E-state index contributed by atoms with van der Waals surface area (Å²) in [6.45, 7) is 1.12. The van der Waals surface area contributed by atoms with E-state index in [2.05, 4.69) is 15.8 Å². The maximum absolute atomic E-state index is 13.7. The summed E-state index contributed by atoms with van der Waals surface area (Å²) in [5.74, 6) is -0.344. The van der Waals surface area contributed by atoms with Crippen molar-refractivity contribution < 1.29 is 9.18 Å². The molecular weight excluding hydrogens is 371 g/mol. The molecule has 3 aromatic rings. The predicted molar refractivity (Wildman–Crippen MR) is 108 cm³/mol. The third kappa shape index (κ3) is 3.22. The summed E-state index contributed by atoms with van der Waals surface area (Å²) in [5.41, 5.74) is 8.20. The van der Waals surface area contributed by atoms with E-state index in [1.807, 2.05) is 12.1 Å². The van der Waals surface area contributed by atoms with E-state index in [1.54, 1.807) is 29.2 Å². The van der Waals surface area contributed by atoms with Crippen LogP contribution in [0, 0.1) is 11.7 Å². The highest BCUT2D eigenvalue weighted by molar-refractivity contribution is 5.95. The lowest BCUT2D eigenvalue weighted by atomic mass is 9.85. The first-order chi connectivity index (χ1) is 14.1. The quantitative estimate of drug-likeness (QED) is 0.626. The lowest BCUT2D eigenvalue weighted by molar-refractivity contribution is 0.0646. The van der Waals surface area contributed by atoms with Crippen molar-refractivity contribution in [3.05, 3.63) is 81.9 Å². The molecule has 0 spiro atoms. The third-order valence-electron chi connectivity index (χ3n) is 5.97. The first-order valence-corrected chi connectivity index (χ1v) is 9.78. The van der Waals surface area contributed by atoms with Gasteiger partial charge in [-0.05, 0) is 36.2 Å². The predicted octanol–water partition coefficient (Wildman–Crippen LogP) is 2.35. The average molecular weight is 392 g/mol. The number of piperidine rings is 1. The number of pyridine rings is 1. The number of fused-ring (bicyclic) bond motifs is 2. The van der Waals surface area contributed by atoms with E-state index >= 15 is 0 Å². The number of carbonyl (C=O) groups excluding carboxylic acids is 1. The summed E-state index contributed by atoms with van der Waals surface area (Å²) in [6, 6.07) is 15.2. The van der Waals surface area contributed by atoms with Gasteiger partial charge in [-0.1, -0.05) is 24.3 Å². The van der Waals surface area contributed by atoms with Crippen molar-refractivity contribution in [2.75, 3.05) is 13.1 Å². The third-order valence-corrected chi connectivity index (χ3v) is 5.97. The molecule has 29 heavy (non-hydrogen) atoms. The van der Waals surface area contributed by atoms with Gasteiger partial charge in [0.05, 0.1) is 6.04 Å². The molecule has 0 saturated carbocycles. The Hall–Kier alpha value is -3.03. The van der Waals surface area contributed by atoms with Gasteiger partial charge >= 0.3 is 0 Å². The average Bonchev–Trinajstić information content (AvgIpc) is 3.16. The number of hydrogen-bond acceptors (Lipinski definition) is 4. The molecule has 3 N–H and O–H groups in total. The zero-order valence-electron chi connectivity index (χ0n) is 15.7. The van der Waals surface area contributed by atoms with Gasteiger partial charge in [0, 0.05) is 42.0 Å². The molecule has 2 fully saturated rings. The number of benzene rings is 2. The minimum Gasteiger partial charge on any atom is -0.350 e. The normalized spacial score (nSPS) is 23.9. The minimum absolute atomic E-state index is 0.0815. The van der Waals surface area contributed by atoms with Crippen LogP contribution in [0.5, 0.6) is 0 Å². The highest BCUT2D eigenvalue weighted by atomic mass is 19.1. The number of para-hydroxylation sites is 1. The van der Waals surface area contributed by atoms with Crippen LogP contribution in [0.1, 0.15) is 28.5 Å². The Balaban J connectivity index is 1.41. The zero-order chi connectivity index (χ0) is 20.0. The Bertz CT molecular complexity index is 1140. The molecule has 0 radical (unpaired) electrons. The molecule has 148 valence electrons. The Labute approximate surface area is 166 Å². The second-order valence-corrected chi connectivity index (χ2v) is 7.72. The van der Waals surface area contributed by atoms with Crippen molar-refractivity contribution in [3.63, 3.8) is 0 Å². The molecule has 1 amide bonds. The number of nitrogens with zero attached hydrogens (tertiary/aromatic N) is 1. The summed E-state index contributed by atoms with van der Waals surface area (Å²) in [5, 5.41) is 0.568. The summed E-state index contributed by atoms with van der Waals surface area (Å²) in [6.07, 6.45) is 0.785. The molecule has 0 aliphatic carbocycles. The molecule has 5 rings (SSSR count). The van der Waals surface area contributed by atoms with Gasteiger partial charge in [-0.2, -0.15) is 0 Å². The van der Waals surface area contributed by atoms with E-state index in [9.17, 15) is 14.0 Å². The second kappa shape index (κ2) is 7.09. The largest absolute Gasteiger partial charge is 0.350 e. The molecular formula is C22H21FN4O2. The van der Waals surface area contributed by atoms with Crippen LogP contribution in [0.25, 0.3) is 10.9 Å². The fraction of sp³-hybridized carbons (Fsp3) is 0.273. The number of likely N-dealkylation sites (tertiary alicyclic amines) is 1. The van der Waals surface area contributed by atoms with Crippen molar-refractivity contribution in [1.29, 1.82) is 0 Å². The summed E-state index contributed by atoms with van der Waals surface area (Å²) in [4.78, 5) is 30.4. The number of aromatic nitrogens is 1. The second-order valence-electron chi connectivity index (χ2n) is 7.72. The minimum atomic E-state index is -0.273. The fourth-order valence-electron chi connectivity index (χ4n) is 4.50. The van der Waals surface area contributed by atoms with Crippen LogP contribution in [-0.2, 0) is 0 Å². The summed E-state index contributed by atoms with van der Waals surface area (Å²) >= 11 is 0. The van der Waals surface area contributed by atoms with Crippen LogP contribution in [0.3, 0.4) is 0 Å².